The van der Waals surface area contributed by atoms with Crippen LogP contribution in [-0.4, -0.2) is 47.1 Å². The normalized spacial score (nSPS) is 21.3. The minimum Gasteiger partial charge on any atom is -0.313 e. The highest BCUT2D eigenvalue weighted by atomic mass is 16.6. The van der Waals surface area contributed by atoms with Gasteiger partial charge in [-0.15, -0.1) is 0 Å². The van der Waals surface area contributed by atoms with Gasteiger partial charge in [-0.05, 0) is 18.9 Å². The van der Waals surface area contributed by atoms with E-state index in [9.17, 15) is 10.1 Å². The van der Waals surface area contributed by atoms with Crippen molar-refractivity contribution >= 4 is 11.4 Å². The Kier molecular flexibility index (Phi) is 3.35. The maximum absolute atomic E-state index is 11.0. The molecule has 1 saturated carbocycles. The molecule has 2 fully saturated rings. The first kappa shape index (κ1) is 12.4. The third kappa shape index (κ3) is 2.85. The van der Waals surface area contributed by atoms with E-state index in [0.717, 1.165) is 32.2 Å². The van der Waals surface area contributed by atoms with Crippen LogP contribution in [0.2, 0.25) is 0 Å². The maximum atomic E-state index is 11.0. The molecule has 2 aliphatic rings. The topological polar surface area (TPSA) is 61.7 Å². The van der Waals surface area contributed by atoms with Crippen LogP contribution in [0.25, 0.3) is 0 Å². The second-order valence-corrected chi connectivity index (χ2v) is 5.14. The molecule has 1 aliphatic carbocycles. The van der Waals surface area contributed by atoms with E-state index in [1.807, 2.05) is 6.07 Å². The summed E-state index contributed by atoms with van der Waals surface area (Å²) in [6, 6.07) is 7.59. The summed E-state index contributed by atoms with van der Waals surface area (Å²) >= 11 is 0. The lowest BCUT2D eigenvalue weighted by Crippen LogP contribution is -2.49. The fourth-order valence-electron chi connectivity index (χ4n) is 2.54. The van der Waals surface area contributed by atoms with Crippen molar-refractivity contribution in [3.63, 3.8) is 0 Å². The van der Waals surface area contributed by atoms with Crippen LogP contribution in [0, 0.1) is 10.1 Å². The quantitative estimate of drug-likeness (QED) is 0.661. The molecule has 0 amide bonds. The van der Waals surface area contributed by atoms with Crippen LogP contribution in [0.15, 0.2) is 24.3 Å². The Labute approximate surface area is 112 Å². The van der Waals surface area contributed by atoms with E-state index in [4.69, 9.17) is 0 Å². The molecule has 6 nitrogen and oxygen atoms in total. The molecule has 6 heteroatoms. The molecule has 0 spiro atoms. The van der Waals surface area contributed by atoms with Gasteiger partial charge < -0.3 is 5.43 Å². The van der Waals surface area contributed by atoms with Crippen molar-refractivity contribution < 1.29 is 4.92 Å². The third-order valence-corrected chi connectivity index (χ3v) is 3.76. The van der Waals surface area contributed by atoms with Crippen molar-refractivity contribution in [2.45, 2.75) is 18.9 Å². The number of hydrogen-bond donors (Lipinski definition) is 1. The van der Waals surface area contributed by atoms with E-state index < -0.39 is 0 Å². The Morgan fingerprint density at radius 2 is 1.84 bits per heavy atom. The van der Waals surface area contributed by atoms with Gasteiger partial charge in [0.05, 0.1) is 4.92 Å². The molecule has 1 aliphatic heterocycles. The van der Waals surface area contributed by atoms with Crippen molar-refractivity contribution in [3.8, 4) is 0 Å². The van der Waals surface area contributed by atoms with Gasteiger partial charge in [0.2, 0.25) is 0 Å². The summed E-state index contributed by atoms with van der Waals surface area (Å²) in [6.07, 6.45) is 2.66. The SMILES string of the molecule is O=[N+]([O-])c1ccccc1NN1CCN(C2CC2)CC1. The molecule has 0 radical (unpaired) electrons. The number of hydrazine groups is 1. The number of nitrogens with zero attached hydrogens (tertiary/aromatic N) is 3. The molecule has 19 heavy (non-hydrogen) atoms. The molecular weight excluding hydrogens is 244 g/mol. The van der Waals surface area contributed by atoms with Crippen LogP contribution in [0.4, 0.5) is 11.4 Å². The van der Waals surface area contributed by atoms with E-state index >= 15 is 0 Å². The average molecular weight is 262 g/mol. The zero-order chi connectivity index (χ0) is 13.2. The fraction of sp³-hybridized carbons (Fsp3) is 0.538. The average Bonchev–Trinajstić information content (AvgIpc) is 3.24. The van der Waals surface area contributed by atoms with E-state index in [0.29, 0.717) is 5.69 Å². The van der Waals surface area contributed by atoms with Crippen LogP contribution in [0.1, 0.15) is 12.8 Å². The van der Waals surface area contributed by atoms with Crippen LogP contribution >= 0.6 is 0 Å². The number of benzene rings is 1. The summed E-state index contributed by atoms with van der Waals surface area (Å²) in [7, 11) is 0. The summed E-state index contributed by atoms with van der Waals surface area (Å²) in [4.78, 5) is 13.1. The second-order valence-electron chi connectivity index (χ2n) is 5.14. The smallest absolute Gasteiger partial charge is 0.293 e. The fourth-order valence-corrected chi connectivity index (χ4v) is 2.54. The zero-order valence-corrected chi connectivity index (χ0v) is 10.8. The summed E-state index contributed by atoms with van der Waals surface area (Å²) in [5.74, 6) is 0. The van der Waals surface area contributed by atoms with Crippen LogP contribution in [0.3, 0.4) is 0 Å². The number of hydrogen-bond acceptors (Lipinski definition) is 5. The summed E-state index contributed by atoms with van der Waals surface area (Å²) < 4.78 is 0. The van der Waals surface area contributed by atoms with Crippen LogP contribution in [-0.2, 0) is 0 Å². The summed E-state index contributed by atoms with van der Waals surface area (Å²) in [5.41, 5.74) is 3.88. The number of piperazine rings is 1. The van der Waals surface area contributed by atoms with Gasteiger partial charge in [0.1, 0.15) is 5.69 Å². The summed E-state index contributed by atoms with van der Waals surface area (Å²) in [5, 5.41) is 13.0. The second kappa shape index (κ2) is 5.14. The van der Waals surface area contributed by atoms with Crippen LogP contribution < -0.4 is 5.43 Å². The highest BCUT2D eigenvalue weighted by Crippen LogP contribution is 2.28. The lowest BCUT2D eigenvalue weighted by Gasteiger charge is -2.35. The van der Waals surface area contributed by atoms with Gasteiger partial charge in [0.15, 0.2) is 0 Å². The number of anilines is 1. The predicted octanol–water partition coefficient (Wildman–Crippen LogP) is 1.70. The Morgan fingerprint density at radius 3 is 2.47 bits per heavy atom. The van der Waals surface area contributed by atoms with Crippen molar-refractivity contribution in [2.24, 2.45) is 0 Å². The molecule has 1 saturated heterocycles. The van der Waals surface area contributed by atoms with Gasteiger partial charge in [-0.3, -0.25) is 15.0 Å². The van der Waals surface area contributed by atoms with Gasteiger partial charge >= 0.3 is 0 Å². The molecule has 1 N–H and O–H groups in total. The van der Waals surface area contributed by atoms with Crippen molar-refractivity contribution in [1.29, 1.82) is 0 Å². The van der Waals surface area contributed by atoms with E-state index in [-0.39, 0.29) is 10.6 Å². The highest BCUT2D eigenvalue weighted by molar-refractivity contribution is 5.60. The molecule has 0 atom stereocenters. The zero-order valence-electron chi connectivity index (χ0n) is 10.8. The molecule has 1 heterocycles. The maximum Gasteiger partial charge on any atom is 0.293 e. The third-order valence-electron chi connectivity index (χ3n) is 3.76. The first-order chi connectivity index (χ1) is 9.24. The van der Waals surface area contributed by atoms with E-state index in [1.165, 1.54) is 18.9 Å². The van der Waals surface area contributed by atoms with Gasteiger partial charge in [0, 0.05) is 38.3 Å². The Hall–Kier alpha value is -1.66. The molecule has 3 rings (SSSR count). The van der Waals surface area contributed by atoms with Crippen LogP contribution in [0.5, 0.6) is 0 Å². The lowest BCUT2D eigenvalue weighted by atomic mass is 10.3. The Balaban J connectivity index is 1.61. The monoisotopic (exact) mass is 262 g/mol. The molecular formula is C13H18N4O2. The number of nitro groups is 1. The lowest BCUT2D eigenvalue weighted by molar-refractivity contribution is -0.384. The largest absolute Gasteiger partial charge is 0.313 e. The molecule has 1 aromatic rings. The van der Waals surface area contributed by atoms with Crippen molar-refractivity contribution in [2.75, 3.05) is 31.6 Å². The Morgan fingerprint density at radius 1 is 1.16 bits per heavy atom. The number of nitrogens with one attached hydrogen (secondary N) is 1. The molecule has 102 valence electrons. The molecule has 1 aromatic carbocycles. The molecule has 0 bridgehead atoms. The minimum atomic E-state index is -0.344. The van der Waals surface area contributed by atoms with Crippen molar-refractivity contribution in [3.05, 3.63) is 34.4 Å². The van der Waals surface area contributed by atoms with E-state index in [2.05, 4.69) is 15.3 Å². The number of para-hydroxylation sites is 2. The Bertz CT molecular complexity index is 467. The standard InChI is InChI=1S/C13H18N4O2/c18-17(19)13-4-2-1-3-12(13)14-16-9-7-15(8-10-16)11-5-6-11/h1-4,11,14H,5-10H2. The van der Waals surface area contributed by atoms with Crippen molar-refractivity contribution in [1.82, 2.24) is 9.91 Å². The first-order valence-electron chi connectivity index (χ1n) is 6.73. The van der Waals surface area contributed by atoms with Gasteiger partial charge in [-0.1, -0.05) is 12.1 Å². The number of nitro benzene ring substituents is 1. The van der Waals surface area contributed by atoms with Gasteiger partial charge in [-0.25, -0.2) is 5.01 Å². The molecule has 0 aromatic heterocycles. The summed E-state index contributed by atoms with van der Waals surface area (Å²) in [6.45, 7) is 3.89. The predicted molar refractivity (Wildman–Crippen MR) is 72.9 cm³/mol. The minimum absolute atomic E-state index is 0.132. The van der Waals surface area contributed by atoms with Gasteiger partial charge in [0.25, 0.3) is 5.69 Å². The first-order valence-corrected chi connectivity index (χ1v) is 6.73. The van der Waals surface area contributed by atoms with E-state index in [1.54, 1.807) is 12.1 Å². The highest BCUT2D eigenvalue weighted by Gasteiger charge is 2.31. The van der Waals surface area contributed by atoms with Gasteiger partial charge in [-0.2, -0.15) is 0 Å². The molecule has 0 unspecified atom stereocenters. The number of rotatable bonds is 4.